The van der Waals surface area contributed by atoms with Crippen molar-refractivity contribution in [3.8, 4) is 17.4 Å². The molecule has 2 aromatic rings. The lowest BCUT2D eigenvalue weighted by Crippen LogP contribution is -2.10. The van der Waals surface area contributed by atoms with Crippen molar-refractivity contribution < 1.29 is 9.47 Å². The van der Waals surface area contributed by atoms with Crippen LogP contribution in [0.15, 0.2) is 35.1 Å². The van der Waals surface area contributed by atoms with Gasteiger partial charge >= 0.3 is 0 Å². The standard InChI is InChI=1S/C11H11BrN4O2/c1-17-9-10(16-13)14-6-15-11(9)18-8-4-2-3-7(12)5-8/h2-6H,13H2,1H3,(H,14,15,16). The third-order valence-corrected chi connectivity index (χ3v) is 2.62. The summed E-state index contributed by atoms with van der Waals surface area (Å²) in [4.78, 5) is 7.94. The number of benzene rings is 1. The maximum Gasteiger partial charge on any atom is 0.268 e. The van der Waals surface area contributed by atoms with Gasteiger partial charge in [-0.15, -0.1) is 0 Å². The summed E-state index contributed by atoms with van der Waals surface area (Å²) in [5, 5.41) is 0. The van der Waals surface area contributed by atoms with Crippen LogP contribution in [-0.4, -0.2) is 17.1 Å². The first-order valence-corrected chi connectivity index (χ1v) is 5.83. The minimum absolute atomic E-state index is 0.290. The molecule has 1 heterocycles. The van der Waals surface area contributed by atoms with E-state index in [0.717, 1.165) is 4.47 Å². The van der Waals surface area contributed by atoms with Crippen molar-refractivity contribution in [3.63, 3.8) is 0 Å². The zero-order valence-corrected chi connectivity index (χ0v) is 11.1. The molecule has 1 aromatic carbocycles. The number of ether oxygens (including phenoxy) is 2. The maximum atomic E-state index is 5.62. The second kappa shape index (κ2) is 5.65. The van der Waals surface area contributed by atoms with Gasteiger partial charge in [0.05, 0.1) is 7.11 Å². The Labute approximate surface area is 112 Å². The fraction of sp³-hybridized carbons (Fsp3) is 0.0909. The highest BCUT2D eigenvalue weighted by atomic mass is 79.9. The Balaban J connectivity index is 2.34. The highest BCUT2D eigenvalue weighted by Gasteiger charge is 2.13. The van der Waals surface area contributed by atoms with Crippen molar-refractivity contribution in [2.24, 2.45) is 5.84 Å². The zero-order chi connectivity index (χ0) is 13.0. The molecule has 3 N–H and O–H groups in total. The van der Waals surface area contributed by atoms with E-state index in [0.29, 0.717) is 23.2 Å². The third-order valence-electron chi connectivity index (χ3n) is 2.12. The van der Waals surface area contributed by atoms with E-state index in [2.05, 4.69) is 31.3 Å². The molecule has 0 amide bonds. The molecular weight excluding hydrogens is 300 g/mol. The van der Waals surface area contributed by atoms with E-state index in [9.17, 15) is 0 Å². The lowest BCUT2D eigenvalue weighted by molar-refractivity contribution is 0.369. The molecule has 0 spiro atoms. The Bertz CT molecular complexity index is 550. The SMILES string of the molecule is COc1c(NN)ncnc1Oc1cccc(Br)c1. The van der Waals surface area contributed by atoms with Gasteiger partial charge in [-0.25, -0.2) is 10.8 Å². The third kappa shape index (κ3) is 2.69. The number of rotatable bonds is 4. The van der Waals surface area contributed by atoms with Gasteiger partial charge in [0.2, 0.25) is 5.75 Å². The Kier molecular flexibility index (Phi) is 3.96. The van der Waals surface area contributed by atoms with E-state index in [1.54, 1.807) is 0 Å². The molecule has 0 aliphatic rings. The predicted octanol–water partition coefficient (Wildman–Crippen LogP) is 2.33. The minimum Gasteiger partial charge on any atom is -0.489 e. The molecule has 0 unspecified atom stereocenters. The molecule has 0 saturated carbocycles. The van der Waals surface area contributed by atoms with Crippen molar-refractivity contribution >= 4 is 21.7 Å². The molecule has 0 bridgehead atoms. The summed E-state index contributed by atoms with van der Waals surface area (Å²) < 4.78 is 11.7. The number of nitrogen functional groups attached to an aromatic ring is 1. The fourth-order valence-corrected chi connectivity index (χ4v) is 1.74. The number of hydrogen-bond donors (Lipinski definition) is 2. The van der Waals surface area contributed by atoms with Gasteiger partial charge in [-0.05, 0) is 18.2 Å². The molecule has 6 nitrogen and oxygen atoms in total. The average Bonchev–Trinajstić information content (AvgIpc) is 2.38. The van der Waals surface area contributed by atoms with Crippen LogP contribution in [0.1, 0.15) is 0 Å². The first-order chi connectivity index (χ1) is 8.74. The van der Waals surface area contributed by atoms with Gasteiger partial charge in [0.15, 0.2) is 5.82 Å². The predicted molar refractivity (Wildman–Crippen MR) is 70.6 cm³/mol. The molecular formula is C11H11BrN4O2. The quantitative estimate of drug-likeness (QED) is 0.666. The highest BCUT2D eigenvalue weighted by molar-refractivity contribution is 9.10. The second-order valence-electron chi connectivity index (χ2n) is 3.26. The lowest BCUT2D eigenvalue weighted by atomic mass is 10.3. The number of halogens is 1. The fourth-order valence-electron chi connectivity index (χ4n) is 1.36. The van der Waals surface area contributed by atoms with Gasteiger partial charge in [0.1, 0.15) is 12.1 Å². The van der Waals surface area contributed by atoms with Crippen LogP contribution in [0.5, 0.6) is 17.4 Å². The molecule has 7 heteroatoms. The summed E-state index contributed by atoms with van der Waals surface area (Å²) in [5.74, 6) is 6.95. The minimum atomic E-state index is 0.290. The molecule has 0 aliphatic carbocycles. The molecule has 0 fully saturated rings. The number of hydrazine groups is 1. The zero-order valence-electron chi connectivity index (χ0n) is 9.55. The summed E-state index contributed by atoms with van der Waals surface area (Å²) in [7, 11) is 1.49. The van der Waals surface area contributed by atoms with E-state index in [1.807, 2.05) is 24.3 Å². The molecule has 0 aliphatic heterocycles. The van der Waals surface area contributed by atoms with E-state index >= 15 is 0 Å². The van der Waals surface area contributed by atoms with Gasteiger partial charge < -0.3 is 14.9 Å². The summed E-state index contributed by atoms with van der Waals surface area (Å²) in [6.45, 7) is 0. The number of nitrogens with zero attached hydrogens (tertiary/aromatic N) is 2. The van der Waals surface area contributed by atoms with Gasteiger partial charge in [0.25, 0.3) is 5.88 Å². The van der Waals surface area contributed by atoms with E-state index < -0.39 is 0 Å². The molecule has 94 valence electrons. The monoisotopic (exact) mass is 310 g/mol. The number of methoxy groups -OCH3 is 1. The first-order valence-electron chi connectivity index (χ1n) is 5.03. The van der Waals surface area contributed by atoms with Crippen LogP contribution in [0.2, 0.25) is 0 Å². The molecule has 0 saturated heterocycles. The van der Waals surface area contributed by atoms with Crippen molar-refractivity contribution in [2.45, 2.75) is 0 Å². The van der Waals surface area contributed by atoms with E-state index in [4.69, 9.17) is 15.3 Å². The molecule has 0 atom stereocenters. The summed E-state index contributed by atoms with van der Waals surface area (Å²) in [6, 6.07) is 7.38. The number of anilines is 1. The maximum absolute atomic E-state index is 5.62. The Hall–Kier alpha value is -1.86. The average molecular weight is 311 g/mol. The second-order valence-corrected chi connectivity index (χ2v) is 4.18. The molecule has 18 heavy (non-hydrogen) atoms. The Morgan fingerprint density at radius 2 is 2.17 bits per heavy atom. The van der Waals surface area contributed by atoms with Crippen LogP contribution in [0, 0.1) is 0 Å². The Morgan fingerprint density at radius 1 is 1.33 bits per heavy atom. The largest absolute Gasteiger partial charge is 0.489 e. The number of hydrogen-bond acceptors (Lipinski definition) is 6. The van der Waals surface area contributed by atoms with Gasteiger partial charge in [-0.2, -0.15) is 4.98 Å². The van der Waals surface area contributed by atoms with Crippen LogP contribution in [-0.2, 0) is 0 Å². The van der Waals surface area contributed by atoms with Crippen molar-refractivity contribution in [3.05, 3.63) is 35.1 Å². The van der Waals surface area contributed by atoms with Gasteiger partial charge in [-0.1, -0.05) is 22.0 Å². The topological polar surface area (TPSA) is 82.3 Å². The highest BCUT2D eigenvalue weighted by Crippen LogP contribution is 2.34. The van der Waals surface area contributed by atoms with Crippen LogP contribution in [0.25, 0.3) is 0 Å². The van der Waals surface area contributed by atoms with Crippen molar-refractivity contribution in [1.29, 1.82) is 0 Å². The smallest absolute Gasteiger partial charge is 0.268 e. The number of aromatic nitrogens is 2. The molecule has 0 radical (unpaired) electrons. The summed E-state index contributed by atoms with van der Waals surface area (Å²) in [6.07, 6.45) is 1.34. The lowest BCUT2D eigenvalue weighted by Gasteiger charge is -2.11. The Morgan fingerprint density at radius 3 is 2.83 bits per heavy atom. The van der Waals surface area contributed by atoms with Crippen LogP contribution >= 0.6 is 15.9 Å². The molecule has 1 aromatic heterocycles. The molecule has 2 rings (SSSR count). The van der Waals surface area contributed by atoms with Crippen molar-refractivity contribution in [1.82, 2.24) is 9.97 Å². The van der Waals surface area contributed by atoms with E-state index in [1.165, 1.54) is 13.4 Å². The summed E-state index contributed by atoms with van der Waals surface area (Å²) in [5.41, 5.74) is 2.42. The van der Waals surface area contributed by atoms with Crippen LogP contribution in [0.4, 0.5) is 5.82 Å². The van der Waals surface area contributed by atoms with E-state index in [-0.39, 0.29) is 0 Å². The van der Waals surface area contributed by atoms with Crippen LogP contribution < -0.4 is 20.7 Å². The van der Waals surface area contributed by atoms with Gasteiger partial charge in [0, 0.05) is 4.47 Å². The normalized spacial score (nSPS) is 9.94. The number of nitrogens with one attached hydrogen (secondary N) is 1. The summed E-state index contributed by atoms with van der Waals surface area (Å²) >= 11 is 3.36. The van der Waals surface area contributed by atoms with Crippen molar-refractivity contribution in [2.75, 3.05) is 12.5 Å². The number of nitrogens with two attached hydrogens (primary N) is 1. The first kappa shape index (κ1) is 12.6. The van der Waals surface area contributed by atoms with Crippen LogP contribution in [0.3, 0.4) is 0 Å². The van der Waals surface area contributed by atoms with Gasteiger partial charge in [-0.3, -0.25) is 0 Å².